The van der Waals surface area contributed by atoms with Crippen LogP contribution in [-0.2, 0) is 14.3 Å². The molecule has 4 heteroatoms. The lowest BCUT2D eigenvalue weighted by Gasteiger charge is -2.12. The van der Waals surface area contributed by atoms with Crippen LogP contribution in [0.1, 0.15) is 32.1 Å². The Bertz CT molecular complexity index is 197. The number of rotatable bonds is 7. The number of amides is 1. The summed E-state index contributed by atoms with van der Waals surface area (Å²) < 4.78 is 10.3. The smallest absolute Gasteiger partial charge is 0.223 e. The first-order valence-electron chi connectivity index (χ1n) is 6.19. The Morgan fingerprint density at radius 1 is 1.31 bits per heavy atom. The van der Waals surface area contributed by atoms with Crippen LogP contribution in [0.2, 0.25) is 0 Å². The highest BCUT2D eigenvalue weighted by Gasteiger charge is 2.19. The lowest BCUT2D eigenvalue weighted by Crippen LogP contribution is -2.29. The molecule has 1 aliphatic rings. The molecule has 4 nitrogen and oxygen atoms in total. The highest BCUT2D eigenvalue weighted by atomic mass is 16.5. The Morgan fingerprint density at radius 3 is 3.00 bits per heavy atom. The SMILES string of the molecule is COCCOCCCC1CCCCNC1=O. The van der Waals surface area contributed by atoms with Gasteiger partial charge < -0.3 is 14.8 Å². The third-order valence-electron chi connectivity index (χ3n) is 2.92. The molecule has 0 aromatic carbocycles. The summed E-state index contributed by atoms with van der Waals surface area (Å²) in [6.45, 7) is 2.87. The Morgan fingerprint density at radius 2 is 2.19 bits per heavy atom. The zero-order valence-corrected chi connectivity index (χ0v) is 10.2. The van der Waals surface area contributed by atoms with Crippen LogP contribution in [0.3, 0.4) is 0 Å². The van der Waals surface area contributed by atoms with Crippen molar-refractivity contribution in [2.24, 2.45) is 5.92 Å². The van der Waals surface area contributed by atoms with E-state index in [0.29, 0.717) is 13.2 Å². The fraction of sp³-hybridized carbons (Fsp3) is 0.917. The second kappa shape index (κ2) is 8.53. The van der Waals surface area contributed by atoms with Crippen LogP contribution in [0.25, 0.3) is 0 Å². The van der Waals surface area contributed by atoms with Crippen molar-refractivity contribution in [1.82, 2.24) is 5.32 Å². The van der Waals surface area contributed by atoms with Gasteiger partial charge in [-0.25, -0.2) is 0 Å². The second-order valence-electron chi connectivity index (χ2n) is 4.23. The van der Waals surface area contributed by atoms with Gasteiger partial charge >= 0.3 is 0 Å². The molecule has 1 atom stereocenters. The standard InChI is InChI=1S/C12H23NO3/c1-15-9-10-16-8-4-6-11-5-2-3-7-13-12(11)14/h11H,2-10H2,1H3,(H,13,14). The third kappa shape index (κ3) is 5.47. The maximum atomic E-state index is 11.6. The number of carbonyl (C=O) groups excluding carboxylic acids is 1. The lowest BCUT2D eigenvalue weighted by atomic mass is 9.97. The topological polar surface area (TPSA) is 47.6 Å². The molecule has 0 bridgehead atoms. The maximum Gasteiger partial charge on any atom is 0.223 e. The summed E-state index contributed by atoms with van der Waals surface area (Å²) in [5.41, 5.74) is 0. The summed E-state index contributed by atoms with van der Waals surface area (Å²) in [6, 6.07) is 0. The normalized spacial score (nSPS) is 21.6. The van der Waals surface area contributed by atoms with Gasteiger partial charge in [0.05, 0.1) is 13.2 Å². The first-order chi connectivity index (χ1) is 7.84. The number of nitrogens with one attached hydrogen (secondary N) is 1. The van der Waals surface area contributed by atoms with Crippen LogP contribution in [0.4, 0.5) is 0 Å². The molecule has 1 fully saturated rings. The van der Waals surface area contributed by atoms with E-state index in [-0.39, 0.29) is 11.8 Å². The molecule has 0 aromatic heterocycles. The highest BCUT2D eigenvalue weighted by Crippen LogP contribution is 2.17. The first-order valence-corrected chi connectivity index (χ1v) is 6.19. The van der Waals surface area contributed by atoms with Gasteiger partial charge in [-0.05, 0) is 25.7 Å². The van der Waals surface area contributed by atoms with Gasteiger partial charge in [0.15, 0.2) is 0 Å². The third-order valence-corrected chi connectivity index (χ3v) is 2.92. The summed E-state index contributed by atoms with van der Waals surface area (Å²) in [6.07, 6.45) is 5.21. The molecule has 16 heavy (non-hydrogen) atoms. The van der Waals surface area contributed by atoms with E-state index >= 15 is 0 Å². The summed E-state index contributed by atoms with van der Waals surface area (Å²) >= 11 is 0. The molecule has 1 N–H and O–H groups in total. The molecule has 0 saturated carbocycles. The Kier molecular flexibility index (Phi) is 7.17. The van der Waals surface area contributed by atoms with E-state index in [2.05, 4.69) is 5.32 Å². The number of ether oxygens (including phenoxy) is 2. The van der Waals surface area contributed by atoms with E-state index < -0.39 is 0 Å². The minimum Gasteiger partial charge on any atom is -0.382 e. The average molecular weight is 229 g/mol. The van der Waals surface area contributed by atoms with Crippen molar-refractivity contribution in [3.05, 3.63) is 0 Å². The van der Waals surface area contributed by atoms with Gasteiger partial charge in [0.1, 0.15) is 0 Å². The molecule has 0 spiro atoms. The zero-order chi connectivity index (χ0) is 11.6. The van der Waals surface area contributed by atoms with Crippen molar-refractivity contribution >= 4 is 5.91 Å². The molecule has 1 saturated heterocycles. The summed E-state index contributed by atoms with van der Waals surface area (Å²) in [7, 11) is 1.67. The molecular formula is C12H23NO3. The minimum atomic E-state index is 0.202. The molecule has 1 heterocycles. The van der Waals surface area contributed by atoms with Crippen LogP contribution in [0.15, 0.2) is 0 Å². The predicted molar refractivity (Wildman–Crippen MR) is 62.3 cm³/mol. The molecule has 1 aliphatic heterocycles. The molecule has 1 amide bonds. The van der Waals surface area contributed by atoms with Gasteiger partial charge in [-0.3, -0.25) is 4.79 Å². The largest absolute Gasteiger partial charge is 0.382 e. The fourth-order valence-electron chi connectivity index (χ4n) is 1.95. The van der Waals surface area contributed by atoms with Crippen LogP contribution < -0.4 is 5.32 Å². The van der Waals surface area contributed by atoms with Crippen molar-refractivity contribution in [3.63, 3.8) is 0 Å². The van der Waals surface area contributed by atoms with E-state index in [0.717, 1.165) is 45.3 Å². The highest BCUT2D eigenvalue weighted by molar-refractivity contribution is 5.78. The van der Waals surface area contributed by atoms with Crippen molar-refractivity contribution < 1.29 is 14.3 Å². The van der Waals surface area contributed by atoms with Crippen molar-refractivity contribution in [1.29, 1.82) is 0 Å². The quantitative estimate of drug-likeness (QED) is 0.670. The number of methoxy groups -OCH3 is 1. The van der Waals surface area contributed by atoms with E-state index in [1.54, 1.807) is 7.11 Å². The van der Waals surface area contributed by atoms with Gasteiger partial charge in [-0.15, -0.1) is 0 Å². The van der Waals surface area contributed by atoms with Crippen LogP contribution >= 0.6 is 0 Å². The van der Waals surface area contributed by atoms with Crippen LogP contribution in [-0.4, -0.2) is 39.4 Å². The average Bonchev–Trinajstić information content (AvgIpc) is 2.49. The van der Waals surface area contributed by atoms with Gasteiger partial charge in [-0.1, -0.05) is 6.42 Å². The van der Waals surface area contributed by atoms with E-state index in [9.17, 15) is 4.79 Å². The summed E-state index contributed by atoms with van der Waals surface area (Å²) in [4.78, 5) is 11.6. The maximum absolute atomic E-state index is 11.6. The molecule has 1 rings (SSSR count). The van der Waals surface area contributed by atoms with Gasteiger partial charge in [0.25, 0.3) is 0 Å². The Balaban J connectivity index is 2.04. The van der Waals surface area contributed by atoms with Gasteiger partial charge in [0.2, 0.25) is 5.91 Å². The van der Waals surface area contributed by atoms with Crippen LogP contribution in [0, 0.1) is 5.92 Å². The second-order valence-corrected chi connectivity index (χ2v) is 4.23. The fourth-order valence-corrected chi connectivity index (χ4v) is 1.95. The van der Waals surface area contributed by atoms with Crippen LogP contribution in [0.5, 0.6) is 0 Å². The Hall–Kier alpha value is -0.610. The molecule has 94 valence electrons. The molecule has 0 radical (unpaired) electrons. The lowest BCUT2D eigenvalue weighted by molar-refractivity contribution is -0.125. The molecular weight excluding hydrogens is 206 g/mol. The number of hydrogen-bond acceptors (Lipinski definition) is 3. The number of hydrogen-bond donors (Lipinski definition) is 1. The zero-order valence-electron chi connectivity index (χ0n) is 10.2. The first kappa shape index (κ1) is 13.5. The molecule has 0 aliphatic carbocycles. The van der Waals surface area contributed by atoms with Crippen molar-refractivity contribution in [2.75, 3.05) is 33.5 Å². The van der Waals surface area contributed by atoms with Crippen molar-refractivity contribution in [2.45, 2.75) is 32.1 Å². The van der Waals surface area contributed by atoms with E-state index in [1.807, 2.05) is 0 Å². The monoisotopic (exact) mass is 229 g/mol. The Labute approximate surface area is 97.7 Å². The van der Waals surface area contributed by atoms with Crippen molar-refractivity contribution in [3.8, 4) is 0 Å². The molecule has 0 aromatic rings. The predicted octanol–water partition coefficient (Wildman–Crippen LogP) is 1.35. The van der Waals surface area contributed by atoms with Gasteiger partial charge in [0, 0.05) is 26.2 Å². The molecule has 1 unspecified atom stereocenters. The summed E-state index contributed by atoms with van der Waals surface area (Å²) in [5.74, 6) is 0.433. The number of carbonyl (C=O) groups is 1. The van der Waals surface area contributed by atoms with E-state index in [4.69, 9.17) is 9.47 Å². The van der Waals surface area contributed by atoms with E-state index in [1.165, 1.54) is 0 Å². The van der Waals surface area contributed by atoms with Gasteiger partial charge in [-0.2, -0.15) is 0 Å². The minimum absolute atomic E-state index is 0.202. The summed E-state index contributed by atoms with van der Waals surface area (Å²) in [5, 5.41) is 2.96.